The number of benzene rings is 12. The van der Waals surface area contributed by atoms with E-state index in [-0.39, 0.29) is 114 Å². The van der Waals surface area contributed by atoms with E-state index < -0.39 is 0 Å². The molecule has 4 aromatic heterocycles. The summed E-state index contributed by atoms with van der Waals surface area (Å²) in [5, 5.41) is 2.73. The number of pyridine rings is 3. The van der Waals surface area contributed by atoms with Crippen LogP contribution in [0.1, 0.15) is 137 Å². The number of fused-ring (bicyclic) bond motifs is 4. The Morgan fingerprint density at radius 1 is 0.450 bits per heavy atom. The van der Waals surface area contributed by atoms with E-state index in [0.29, 0.717) is 17.9 Å². The van der Waals surface area contributed by atoms with Crippen molar-refractivity contribution in [1.29, 1.82) is 1.28 Å². The van der Waals surface area contributed by atoms with E-state index in [0.717, 1.165) is 46.6 Å². The zero-order chi connectivity index (χ0) is 81.4. The SMILES string of the molecule is CC(C)(C)c1ccc(C2=CCC(c3ccc(-c4ccccc4)cc3)=C2)cc1.CCC(C)n1c2ccccc2c2ccccc21.CCC(CCC(C)c1ccc(N(c2ccccc2)c2ccccc2)cc1)c1ccc2c(c1)CC2.[2H]P[B].[Ir+3].[K+].[PH2-].[V].[c-]1ccccc1-c1ccccn1.[c-]1ccccc1-c1ccccn1.[c-]1ccccc1-c1ccccn1. The molecule has 0 amide bonds. The van der Waals surface area contributed by atoms with Gasteiger partial charge in [0.2, 0.25) is 0 Å². The Balaban J connectivity index is 0.000000187. The molecule has 2 aliphatic carbocycles. The monoisotopic (exact) mass is 1840 g/mol. The van der Waals surface area contributed by atoms with Gasteiger partial charge in [0, 0.05) is 83.3 Å². The average Bonchev–Trinajstić information content (AvgIpc) is 1.61. The number of aryl methyl sites for hydroxylation is 2. The predicted molar refractivity (Wildman–Crippen MR) is 508 cm³/mol. The normalized spacial score (nSPS) is 12.2. The van der Waals surface area contributed by atoms with Crippen molar-refractivity contribution in [1.82, 2.24) is 19.5 Å². The van der Waals surface area contributed by atoms with E-state index in [4.69, 9.17) is 1.28 Å². The van der Waals surface area contributed by atoms with Crippen molar-refractivity contribution >= 4 is 76.5 Å². The summed E-state index contributed by atoms with van der Waals surface area (Å²) < 4.78 is 8.48. The van der Waals surface area contributed by atoms with E-state index in [2.05, 4.69) is 341 Å². The number of aromatic nitrogens is 4. The van der Waals surface area contributed by atoms with Gasteiger partial charge in [-0.1, -0.05) is 272 Å². The summed E-state index contributed by atoms with van der Waals surface area (Å²) >= 11 is 0. The van der Waals surface area contributed by atoms with Gasteiger partial charge in [-0.05, 0) is 214 Å². The van der Waals surface area contributed by atoms with Gasteiger partial charge in [0.25, 0.3) is 0 Å². The maximum absolute atomic E-state index is 6.01. The molecule has 11 heteroatoms. The largest absolute Gasteiger partial charge is 3.00 e. The first-order valence-electron chi connectivity index (χ1n) is 41.2. The minimum Gasteiger partial charge on any atom is -0.577 e. The van der Waals surface area contributed by atoms with Gasteiger partial charge in [0.05, 0.1) is 7.57 Å². The van der Waals surface area contributed by atoms with Gasteiger partial charge in [-0.2, -0.15) is 9.06 Å². The summed E-state index contributed by atoms with van der Waals surface area (Å²) in [4.78, 5) is 15.0. The summed E-state index contributed by atoms with van der Waals surface area (Å²) in [6.07, 6.45) is 18.4. The van der Waals surface area contributed by atoms with Crippen LogP contribution < -0.4 is 56.3 Å². The third-order valence-electron chi connectivity index (χ3n) is 21.5. The van der Waals surface area contributed by atoms with Crippen molar-refractivity contribution in [3.63, 3.8) is 0 Å². The topological polar surface area (TPSA) is 46.8 Å². The van der Waals surface area contributed by atoms with Crippen molar-refractivity contribution in [3.05, 3.63) is 446 Å². The molecule has 0 saturated heterocycles. The van der Waals surface area contributed by atoms with Crippen LogP contribution in [0, 0.1) is 18.2 Å². The number of allylic oxidation sites excluding steroid dienone is 4. The van der Waals surface area contributed by atoms with Crippen molar-refractivity contribution in [2.75, 3.05) is 4.90 Å². The third-order valence-corrected chi connectivity index (χ3v) is 21.5. The van der Waals surface area contributed by atoms with Crippen LogP contribution in [0.5, 0.6) is 0 Å². The molecule has 16 aromatic rings. The molecule has 0 saturated carbocycles. The van der Waals surface area contributed by atoms with Crippen molar-refractivity contribution in [2.45, 2.75) is 117 Å². The summed E-state index contributed by atoms with van der Waals surface area (Å²) in [5.41, 5.74) is 27.9. The summed E-state index contributed by atoms with van der Waals surface area (Å²) in [7, 11) is 4.38. The quantitative estimate of drug-likeness (QED) is 0.0518. The molecular weight excluding hydrogens is 1730 g/mol. The Morgan fingerprint density at radius 3 is 1.27 bits per heavy atom. The number of para-hydroxylation sites is 4. The molecule has 595 valence electrons. The maximum atomic E-state index is 6.01. The van der Waals surface area contributed by atoms with E-state index in [1.807, 2.05) is 127 Å². The van der Waals surface area contributed by atoms with Crippen LogP contribution in [0.3, 0.4) is 0 Å². The number of rotatable bonds is 17. The Hall–Kier alpha value is -9.03. The standard InChI is InChI=1S/C33H35N.C27H26.C16H17N.3C11H8N.BH2P.Ir.K.H2P.V/c1-3-26(29-18-16-28-17-19-30(28)24-29)15-14-25(2)27-20-22-33(23-21-27)34(31-10-6-4-7-11-31)32-12-8-5-9-13-32;1-27(2,3)26-17-15-23(16-18-26)25-14-13-24(19-25)22-11-9-21(10-12-22)20-7-5-4-6-8-20;1-3-12(2)17-15-10-6-4-8-13(15)14-9-5-7-11-16(14)17;3*1-2-6-10(7-3-1)11-8-4-5-9-12-11;1-2;;;;/h4-13,16,18,20-26H,3,14-15,17,19H2,1-2H3;4-12,14-19H,13H2,1-3H3;4-12H,3H2,1-2H3;3*1-6,8-9H;2H2;;;1H2;/q;;;3*-1;;+3;+1;-1;/i;;;;;;2D;;;;. The fourth-order valence-electron chi connectivity index (χ4n) is 14.7. The second-order valence-corrected chi connectivity index (χ2v) is 30.1. The molecule has 0 aliphatic heterocycles. The van der Waals surface area contributed by atoms with Gasteiger partial charge in [-0.25, -0.2) is 0 Å². The average molecular weight is 1840 g/mol. The fourth-order valence-corrected chi connectivity index (χ4v) is 14.7. The van der Waals surface area contributed by atoms with Crippen molar-refractivity contribution in [2.24, 2.45) is 0 Å². The molecule has 12 aromatic carbocycles. The van der Waals surface area contributed by atoms with Crippen LogP contribution in [0.2, 0.25) is 0 Å². The first-order valence-corrected chi connectivity index (χ1v) is 41.2. The van der Waals surface area contributed by atoms with Gasteiger partial charge in [0.15, 0.2) is 0 Å². The Bertz CT molecular complexity index is 5300. The zero-order valence-electron chi connectivity index (χ0n) is 71.3. The van der Waals surface area contributed by atoms with E-state index in [1.54, 1.807) is 35.3 Å². The molecule has 5 nitrogen and oxygen atoms in total. The fraction of sp³-hybridized carbons (Fsp3) is 0.165. The van der Waals surface area contributed by atoms with Crippen molar-refractivity contribution in [3.8, 4) is 44.9 Å². The summed E-state index contributed by atoms with van der Waals surface area (Å²) in [5.74, 6) is 1.22. The van der Waals surface area contributed by atoms with Crippen molar-refractivity contribution < 1.29 is 90.0 Å². The first-order chi connectivity index (χ1) is 57.4. The van der Waals surface area contributed by atoms with Gasteiger partial charge >= 0.3 is 71.5 Å². The van der Waals surface area contributed by atoms with E-state index >= 15 is 0 Å². The number of nitrogens with zero attached hydrogens (tertiary/aromatic N) is 5. The molecule has 0 spiro atoms. The van der Waals surface area contributed by atoms with Crippen LogP contribution in [0.4, 0.5) is 17.1 Å². The molecule has 0 N–H and O–H groups in total. The Kier molecular flexibility index (Phi) is 39.8. The van der Waals surface area contributed by atoms with Gasteiger partial charge < -0.3 is 34.3 Å². The second-order valence-electron chi connectivity index (χ2n) is 30.1. The van der Waals surface area contributed by atoms with Crippen LogP contribution in [-0.2, 0) is 56.9 Å². The molecular formula is C109H106BIrKN5P2V. The molecule has 0 fully saturated rings. The Morgan fingerprint density at radius 2 is 0.858 bits per heavy atom. The van der Waals surface area contributed by atoms with E-state index in [1.165, 1.54) is 115 Å². The molecule has 4 unspecified atom stereocenters. The molecule has 120 heavy (non-hydrogen) atoms. The van der Waals surface area contributed by atoms with E-state index in [9.17, 15) is 0 Å². The molecule has 4 atom stereocenters. The number of anilines is 3. The van der Waals surface area contributed by atoms with Crippen LogP contribution in [-0.4, -0.2) is 28.4 Å². The maximum Gasteiger partial charge on any atom is 3.00 e. The van der Waals surface area contributed by atoms with Gasteiger partial charge in [-0.15, -0.1) is 108 Å². The predicted octanol–water partition coefficient (Wildman–Crippen LogP) is 26.5. The number of hydrogen-bond donors (Lipinski definition) is 0. The van der Waals surface area contributed by atoms with Gasteiger partial charge in [-0.3, -0.25) is 0 Å². The van der Waals surface area contributed by atoms with Crippen LogP contribution >= 0.6 is 19.0 Å². The minimum atomic E-state index is -0.167. The third kappa shape index (κ3) is 27.0. The Labute approximate surface area is 791 Å². The zero-order valence-corrected chi connectivity index (χ0v) is 79.4. The molecule has 3 radical (unpaired) electrons. The number of hydrogen-bond acceptors (Lipinski definition) is 4. The summed E-state index contributed by atoms with van der Waals surface area (Å²) in [6, 6.07) is 135. The molecule has 4 heterocycles. The molecule has 0 bridgehead atoms. The second kappa shape index (κ2) is 50.4. The molecule has 18 rings (SSSR count). The van der Waals surface area contributed by atoms with Crippen LogP contribution in [0.25, 0.3) is 77.9 Å². The summed E-state index contributed by atoms with van der Waals surface area (Å²) in [6.45, 7) is 16.0. The van der Waals surface area contributed by atoms with Gasteiger partial charge in [0.1, 0.15) is 0 Å². The molecule has 2 aliphatic rings. The minimum absolute atomic E-state index is 0. The van der Waals surface area contributed by atoms with Crippen LogP contribution in [0.15, 0.2) is 389 Å². The first kappa shape index (κ1) is 94.8. The smallest absolute Gasteiger partial charge is 0.577 e.